The van der Waals surface area contributed by atoms with Crippen LogP contribution in [0.5, 0.6) is 5.75 Å². The molecule has 3 rings (SSSR count). The average Bonchev–Trinajstić information content (AvgIpc) is 2.87. The summed E-state index contributed by atoms with van der Waals surface area (Å²) in [6, 6.07) is 7.77. The minimum absolute atomic E-state index is 0.0799. The highest BCUT2D eigenvalue weighted by atomic mass is 35.5. The van der Waals surface area contributed by atoms with E-state index in [1.54, 1.807) is 24.3 Å². The fraction of sp³-hybridized carbons (Fsp3) is 0.0588. The Kier molecular flexibility index (Phi) is 4.22. The third-order valence-corrected chi connectivity index (χ3v) is 4.15. The second-order valence-electron chi connectivity index (χ2n) is 5.10. The topological polar surface area (TPSA) is 75.6 Å². The first-order valence-electron chi connectivity index (χ1n) is 6.84. The van der Waals surface area contributed by atoms with Gasteiger partial charge in [-0.05, 0) is 42.0 Å². The fourth-order valence-corrected chi connectivity index (χ4v) is 2.92. The van der Waals surface area contributed by atoms with Crippen molar-refractivity contribution in [2.75, 3.05) is 12.4 Å². The van der Waals surface area contributed by atoms with Gasteiger partial charge in [-0.25, -0.2) is 4.79 Å². The molecule has 0 bridgehead atoms. The van der Waals surface area contributed by atoms with Crippen molar-refractivity contribution in [2.24, 2.45) is 0 Å². The van der Waals surface area contributed by atoms with Crippen LogP contribution in [0.3, 0.4) is 0 Å². The summed E-state index contributed by atoms with van der Waals surface area (Å²) in [4.78, 5) is 23.9. The summed E-state index contributed by atoms with van der Waals surface area (Å²) in [5.74, 6) is -1.02. The lowest BCUT2D eigenvalue weighted by molar-refractivity contribution is -0.110. The molecule has 0 spiro atoms. The number of fused-ring (bicyclic) bond motifs is 1. The van der Waals surface area contributed by atoms with Crippen molar-refractivity contribution in [2.45, 2.75) is 0 Å². The number of halogens is 2. The molecule has 2 aromatic rings. The van der Waals surface area contributed by atoms with Gasteiger partial charge >= 0.3 is 5.97 Å². The van der Waals surface area contributed by atoms with Crippen LogP contribution in [0, 0.1) is 0 Å². The number of hydrogen-bond acceptors (Lipinski definition) is 4. The molecule has 0 saturated carbocycles. The van der Waals surface area contributed by atoms with Crippen molar-refractivity contribution >= 4 is 52.4 Å². The normalized spacial score (nSPS) is 14.5. The number of aromatic hydroxyl groups is 1. The van der Waals surface area contributed by atoms with Crippen LogP contribution < -0.4 is 5.32 Å². The highest BCUT2D eigenvalue weighted by Gasteiger charge is 2.25. The van der Waals surface area contributed by atoms with E-state index in [1.165, 1.54) is 19.2 Å². The minimum Gasteiger partial charge on any atom is -0.505 e. The highest BCUT2D eigenvalue weighted by Crippen LogP contribution is 2.37. The largest absolute Gasteiger partial charge is 0.505 e. The number of benzene rings is 2. The molecule has 24 heavy (non-hydrogen) atoms. The molecule has 0 aliphatic carbocycles. The van der Waals surface area contributed by atoms with Gasteiger partial charge in [-0.2, -0.15) is 0 Å². The van der Waals surface area contributed by atoms with E-state index in [0.29, 0.717) is 28.0 Å². The Labute approximate surface area is 147 Å². The Morgan fingerprint density at radius 2 is 1.88 bits per heavy atom. The smallest absolute Gasteiger partial charge is 0.337 e. The predicted molar refractivity (Wildman–Crippen MR) is 92.4 cm³/mol. The third-order valence-electron chi connectivity index (χ3n) is 3.57. The molecule has 2 aromatic carbocycles. The van der Waals surface area contributed by atoms with Gasteiger partial charge in [0.2, 0.25) is 0 Å². The summed E-state index contributed by atoms with van der Waals surface area (Å²) in [7, 11) is 1.29. The molecule has 5 nitrogen and oxygen atoms in total. The van der Waals surface area contributed by atoms with Crippen LogP contribution in [0.2, 0.25) is 10.0 Å². The maximum atomic E-state index is 12.2. The Bertz CT molecular complexity index is 882. The summed E-state index contributed by atoms with van der Waals surface area (Å²) in [5.41, 5.74) is 2.40. The number of esters is 1. The SMILES string of the molecule is COC(=O)c1ccc2c(c1)/C(=C/c1cc(Cl)c(O)c(Cl)c1)C(=O)N2. The zero-order chi connectivity index (χ0) is 17.4. The standard InChI is InChI=1S/C17H11Cl2NO4/c1-24-17(23)9-2-3-14-10(7-9)11(16(22)20-14)4-8-5-12(18)15(21)13(19)6-8/h2-7,21H,1H3,(H,20,22)/b11-4-. The van der Waals surface area contributed by atoms with Gasteiger partial charge in [-0.3, -0.25) is 4.79 Å². The number of phenols is 1. The zero-order valence-electron chi connectivity index (χ0n) is 12.4. The van der Waals surface area contributed by atoms with E-state index in [1.807, 2.05) is 0 Å². The monoisotopic (exact) mass is 363 g/mol. The molecule has 0 aromatic heterocycles. The van der Waals surface area contributed by atoms with Crippen molar-refractivity contribution in [3.05, 3.63) is 57.1 Å². The number of rotatable bonds is 2. The summed E-state index contributed by atoms with van der Waals surface area (Å²) >= 11 is 11.8. The Morgan fingerprint density at radius 3 is 2.50 bits per heavy atom. The third kappa shape index (κ3) is 2.84. The lowest BCUT2D eigenvalue weighted by Crippen LogP contribution is -2.03. The van der Waals surface area contributed by atoms with Crippen LogP contribution in [0.15, 0.2) is 30.3 Å². The Balaban J connectivity index is 2.10. The molecule has 0 radical (unpaired) electrons. The van der Waals surface area contributed by atoms with Gasteiger partial charge in [0, 0.05) is 16.8 Å². The van der Waals surface area contributed by atoms with E-state index in [4.69, 9.17) is 27.9 Å². The number of phenolic OH excluding ortho intramolecular Hbond substituents is 1. The van der Waals surface area contributed by atoms with Gasteiger partial charge in [0.15, 0.2) is 5.75 Å². The molecule has 0 fully saturated rings. The van der Waals surface area contributed by atoms with Crippen molar-refractivity contribution in [3.63, 3.8) is 0 Å². The van der Waals surface area contributed by atoms with Gasteiger partial charge in [0.25, 0.3) is 5.91 Å². The highest BCUT2D eigenvalue weighted by molar-refractivity contribution is 6.38. The first-order valence-corrected chi connectivity index (χ1v) is 7.60. The minimum atomic E-state index is -0.493. The van der Waals surface area contributed by atoms with Crippen molar-refractivity contribution in [1.29, 1.82) is 0 Å². The van der Waals surface area contributed by atoms with E-state index in [9.17, 15) is 14.7 Å². The van der Waals surface area contributed by atoms with Crippen LogP contribution in [0.25, 0.3) is 11.6 Å². The summed E-state index contributed by atoms with van der Waals surface area (Å²) < 4.78 is 4.69. The lowest BCUT2D eigenvalue weighted by atomic mass is 10.0. The fourth-order valence-electron chi connectivity index (χ4n) is 2.41. The number of amides is 1. The first kappa shape index (κ1) is 16.4. The van der Waals surface area contributed by atoms with Crippen LogP contribution in [-0.4, -0.2) is 24.1 Å². The van der Waals surface area contributed by atoms with E-state index in [0.717, 1.165) is 0 Å². The summed E-state index contributed by atoms with van der Waals surface area (Å²) in [5, 5.41) is 12.5. The zero-order valence-corrected chi connectivity index (χ0v) is 13.9. The lowest BCUT2D eigenvalue weighted by Gasteiger charge is -2.04. The van der Waals surface area contributed by atoms with Crippen molar-refractivity contribution in [3.8, 4) is 5.75 Å². The molecule has 1 aliphatic heterocycles. The van der Waals surface area contributed by atoms with E-state index in [2.05, 4.69) is 5.32 Å². The number of nitrogens with one attached hydrogen (secondary N) is 1. The number of carbonyl (C=O) groups is 2. The average molecular weight is 364 g/mol. The quantitative estimate of drug-likeness (QED) is 0.624. The summed E-state index contributed by atoms with van der Waals surface area (Å²) in [6.07, 6.45) is 1.58. The van der Waals surface area contributed by atoms with E-state index >= 15 is 0 Å². The van der Waals surface area contributed by atoms with Gasteiger partial charge < -0.3 is 15.2 Å². The van der Waals surface area contributed by atoms with Crippen LogP contribution in [-0.2, 0) is 9.53 Å². The Hall–Kier alpha value is -2.50. The number of methoxy groups -OCH3 is 1. The predicted octanol–water partition coefficient (Wildman–Crippen LogP) is 3.98. The van der Waals surface area contributed by atoms with Gasteiger partial charge in [0.1, 0.15) is 0 Å². The van der Waals surface area contributed by atoms with Gasteiger partial charge in [-0.15, -0.1) is 0 Å². The number of hydrogen-bond donors (Lipinski definition) is 2. The van der Waals surface area contributed by atoms with E-state index < -0.39 is 5.97 Å². The van der Waals surface area contributed by atoms with Gasteiger partial charge in [-0.1, -0.05) is 23.2 Å². The molecule has 0 atom stereocenters. The Morgan fingerprint density at radius 1 is 1.21 bits per heavy atom. The van der Waals surface area contributed by atoms with Crippen LogP contribution >= 0.6 is 23.2 Å². The molecule has 2 N–H and O–H groups in total. The van der Waals surface area contributed by atoms with Crippen LogP contribution in [0.1, 0.15) is 21.5 Å². The molecule has 1 heterocycles. The second kappa shape index (κ2) is 6.19. The molecule has 0 saturated heterocycles. The number of ether oxygens (including phenoxy) is 1. The number of carbonyl (C=O) groups excluding carboxylic acids is 2. The maximum Gasteiger partial charge on any atom is 0.337 e. The number of anilines is 1. The molecule has 0 unspecified atom stereocenters. The van der Waals surface area contributed by atoms with E-state index in [-0.39, 0.29) is 21.7 Å². The van der Waals surface area contributed by atoms with Gasteiger partial charge in [0.05, 0.1) is 22.7 Å². The van der Waals surface area contributed by atoms with Crippen molar-refractivity contribution in [1.82, 2.24) is 0 Å². The summed E-state index contributed by atoms with van der Waals surface area (Å²) in [6.45, 7) is 0. The molecule has 7 heteroatoms. The molecule has 1 aliphatic rings. The van der Waals surface area contributed by atoms with Crippen molar-refractivity contribution < 1.29 is 19.4 Å². The second-order valence-corrected chi connectivity index (χ2v) is 5.91. The maximum absolute atomic E-state index is 12.2. The first-order chi connectivity index (χ1) is 11.4. The molecular formula is C17H11Cl2NO4. The molecule has 122 valence electrons. The molecule has 1 amide bonds. The molecular weight excluding hydrogens is 353 g/mol. The van der Waals surface area contributed by atoms with Crippen LogP contribution in [0.4, 0.5) is 5.69 Å².